The number of ether oxygens (including phenoxy) is 2. The van der Waals surface area contributed by atoms with Crippen LogP contribution in [0, 0.1) is 0 Å². The van der Waals surface area contributed by atoms with Crippen molar-refractivity contribution in [2.75, 3.05) is 26.1 Å². The zero-order valence-electron chi connectivity index (χ0n) is 15.9. The zero-order chi connectivity index (χ0) is 20.1. The molecule has 150 valence electrons. The van der Waals surface area contributed by atoms with Gasteiger partial charge in [-0.2, -0.15) is 0 Å². The molecular formula is C20H24N2O5S. The normalized spacial score (nSPS) is 13.1. The van der Waals surface area contributed by atoms with Gasteiger partial charge in [-0.3, -0.25) is 4.79 Å². The van der Waals surface area contributed by atoms with Crippen LogP contribution in [0.4, 0.5) is 5.69 Å². The second-order valence-corrected chi connectivity index (χ2v) is 8.32. The number of nitrogens with one attached hydrogen (secondary N) is 2. The molecule has 8 heteroatoms. The van der Waals surface area contributed by atoms with Gasteiger partial charge in [0.15, 0.2) is 11.5 Å². The van der Waals surface area contributed by atoms with E-state index in [1.165, 1.54) is 43.5 Å². The molecule has 0 radical (unpaired) electrons. The van der Waals surface area contributed by atoms with Crippen molar-refractivity contribution in [3.63, 3.8) is 0 Å². The van der Waals surface area contributed by atoms with Gasteiger partial charge in [-0.25, -0.2) is 13.1 Å². The van der Waals surface area contributed by atoms with Crippen molar-refractivity contribution in [2.24, 2.45) is 0 Å². The van der Waals surface area contributed by atoms with Gasteiger partial charge in [0.1, 0.15) is 0 Å². The number of sulfonamides is 1. The number of aryl methyl sites for hydroxylation is 2. The highest BCUT2D eigenvalue weighted by Crippen LogP contribution is 2.29. The van der Waals surface area contributed by atoms with Crippen LogP contribution in [0.2, 0.25) is 0 Å². The van der Waals surface area contributed by atoms with Crippen LogP contribution in [0.1, 0.15) is 24.0 Å². The van der Waals surface area contributed by atoms with E-state index in [2.05, 4.69) is 10.0 Å². The maximum absolute atomic E-state index is 12.4. The number of carbonyl (C=O) groups is 1. The largest absolute Gasteiger partial charge is 0.493 e. The highest BCUT2D eigenvalue weighted by molar-refractivity contribution is 7.89. The van der Waals surface area contributed by atoms with Gasteiger partial charge in [0.2, 0.25) is 15.9 Å². The minimum atomic E-state index is -3.76. The van der Waals surface area contributed by atoms with Crippen molar-refractivity contribution in [1.29, 1.82) is 0 Å². The summed E-state index contributed by atoms with van der Waals surface area (Å²) in [5.41, 5.74) is 3.35. The first-order valence-corrected chi connectivity index (χ1v) is 10.5. The van der Waals surface area contributed by atoms with Gasteiger partial charge in [-0.05, 0) is 54.7 Å². The van der Waals surface area contributed by atoms with Gasteiger partial charge in [0, 0.05) is 24.7 Å². The molecule has 0 aromatic heterocycles. The Bertz CT molecular complexity index is 973. The minimum absolute atomic E-state index is 0.00650. The lowest BCUT2D eigenvalue weighted by atomic mass is 10.1. The molecule has 0 spiro atoms. The molecule has 0 bridgehead atoms. The number of fused-ring (bicyclic) bond motifs is 1. The Morgan fingerprint density at radius 3 is 2.50 bits per heavy atom. The Morgan fingerprint density at radius 1 is 1.00 bits per heavy atom. The number of rotatable bonds is 8. The highest BCUT2D eigenvalue weighted by atomic mass is 32.2. The fourth-order valence-electron chi connectivity index (χ4n) is 3.24. The summed E-state index contributed by atoms with van der Waals surface area (Å²) in [6, 6.07) is 10.2. The molecule has 0 aliphatic heterocycles. The van der Waals surface area contributed by atoms with E-state index in [0.29, 0.717) is 11.5 Å². The Labute approximate surface area is 165 Å². The number of carbonyl (C=O) groups excluding carboxylic acids is 1. The van der Waals surface area contributed by atoms with E-state index in [4.69, 9.17) is 9.47 Å². The Morgan fingerprint density at radius 2 is 1.75 bits per heavy atom. The number of benzene rings is 2. The van der Waals surface area contributed by atoms with Crippen molar-refractivity contribution in [1.82, 2.24) is 4.72 Å². The van der Waals surface area contributed by atoms with Gasteiger partial charge >= 0.3 is 0 Å². The third kappa shape index (κ3) is 4.63. The molecule has 0 saturated carbocycles. The maximum Gasteiger partial charge on any atom is 0.240 e. The zero-order valence-corrected chi connectivity index (χ0v) is 16.8. The molecule has 1 aliphatic rings. The molecule has 0 unspecified atom stereocenters. The third-order valence-electron chi connectivity index (χ3n) is 4.69. The molecule has 1 aliphatic carbocycles. The number of anilines is 1. The van der Waals surface area contributed by atoms with Gasteiger partial charge in [-0.15, -0.1) is 0 Å². The summed E-state index contributed by atoms with van der Waals surface area (Å²) >= 11 is 0. The number of hydrogen-bond donors (Lipinski definition) is 2. The first kappa shape index (κ1) is 20.2. The summed E-state index contributed by atoms with van der Waals surface area (Å²) in [7, 11) is -0.848. The molecule has 2 aromatic carbocycles. The van der Waals surface area contributed by atoms with Crippen LogP contribution in [0.15, 0.2) is 41.3 Å². The third-order valence-corrected chi connectivity index (χ3v) is 6.15. The van der Waals surface area contributed by atoms with E-state index in [1.54, 1.807) is 0 Å². The fourth-order valence-corrected chi connectivity index (χ4v) is 4.29. The molecular weight excluding hydrogens is 380 g/mol. The van der Waals surface area contributed by atoms with E-state index in [9.17, 15) is 13.2 Å². The van der Waals surface area contributed by atoms with Crippen LogP contribution in [0.5, 0.6) is 11.5 Å². The summed E-state index contributed by atoms with van der Waals surface area (Å²) in [6.45, 7) is -0.00650. The number of methoxy groups -OCH3 is 2. The van der Waals surface area contributed by atoms with Gasteiger partial charge < -0.3 is 14.8 Å². The molecule has 2 aromatic rings. The predicted molar refractivity (Wildman–Crippen MR) is 106 cm³/mol. The average Bonchev–Trinajstić information content (AvgIpc) is 3.15. The maximum atomic E-state index is 12.4. The molecule has 2 N–H and O–H groups in total. The van der Waals surface area contributed by atoms with Crippen molar-refractivity contribution in [2.45, 2.75) is 30.6 Å². The van der Waals surface area contributed by atoms with E-state index in [1.807, 2.05) is 18.2 Å². The highest BCUT2D eigenvalue weighted by Gasteiger charge is 2.17. The minimum Gasteiger partial charge on any atom is -0.493 e. The molecule has 1 amide bonds. The lowest BCUT2D eigenvalue weighted by molar-refractivity contribution is -0.116. The average molecular weight is 404 g/mol. The topological polar surface area (TPSA) is 93.7 Å². The summed E-state index contributed by atoms with van der Waals surface area (Å²) in [6.07, 6.45) is 3.29. The smallest absolute Gasteiger partial charge is 0.240 e. The monoisotopic (exact) mass is 404 g/mol. The van der Waals surface area contributed by atoms with Crippen molar-refractivity contribution in [3.8, 4) is 11.5 Å². The molecule has 3 rings (SSSR count). The van der Waals surface area contributed by atoms with E-state index < -0.39 is 10.0 Å². The summed E-state index contributed by atoms with van der Waals surface area (Å²) in [5.74, 6) is 0.517. The summed E-state index contributed by atoms with van der Waals surface area (Å²) in [4.78, 5) is 12.2. The molecule has 0 heterocycles. The number of hydrogen-bond acceptors (Lipinski definition) is 5. The predicted octanol–water partition coefficient (Wildman–Crippen LogP) is 2.50. The quantitative estimate of drug-likeness (QED) is 0.705. The summed E-state index contributed by atoms with van der Waals surface area (Å²) < 4.78 is 37.5. The van der Waals surface area contributed by atoms with Crippen LogP contribution in [0.3, 0.4) is 0 Å². The van der Waals surface area contributed by atoms with Crippen molar-refractivity contribution in [3.05, 3.63) is 47.5 Å². The van der Waals surface area contributed by atoms with Gasteiger partial charge in [0.05, 0.1) is 19.1 Å². The van der Waals surface area contributed by atoms with Crippen LogP contribution >= 0.6 is 0 Å². The summed E-state index contributed by atoms with van der Waals surface area (Å²) in [5, 5.41) is 2.82. The number of amides is 1. The van der Waals surface area contributed by atoms with Gasteiger partial charge in [-0.1, -0.05) is 6.07 Å². The van der Waals surface area contributed by atoms with Crippen LogP contribution in [0.25, 0.3) is 0 Å². The Balaban J connectivity index is 1.55. The Kier molecular flexibility index (Phi) is 6.21. The van der Waals surface area contributed by atoms with Crippen LogP contribution in [-0.4, -0.2) is 35.1 Å². The van der Waals surface area contributed by atoms with Gasteiger partial charge in [0.25, 0.3) is 0 Å². The van der Waals surface area contributed by atoms with Crippen molar-refractivity contribution < 1.29 is 22.7 Å². The standard InChI is InChI=1S/C20H24N2O5S/c1-26-18-9-8-17(13-19(18)27-2)28(24,25)21-11-10-20(23)22-16-7-6-14-4-3-5-15(14)12-16/h6-9,12-13,21H,3-5,10-11H2,1-2H3,(H,22,23). The molecule has 0 atom stereocenters. The van der Waals surface area contributed by atoms with Crippen LogP contribution < -0.4 is 19.5 Å². The van der Waals surface area contributed by atoms with Crippen LogP contribution in [-0.2, 0) is 27.7 Å². The fraction of sp³-hybridized carbons (Fsp3) is 0.350. The lowest BCUT2D eigenvalue weighted by Crippen LogP contribution is -2.27. The van der Waals surface area contributed by atoms with E-state index >= 15 is 0 Å². The molecule has 0 saturated heterocycles. The second-order valence-electron chi connectivity index (χ2n) is 6.55. The molecule has 28 heavy (non-hydrogen) atoms. The lowest BCUT2D eigenvalue weighted by Gasteiger charge is -2.11. The SMILES string of the molecule is COc1ccc(S(=O)(=O)NCCC(=O)Nc2ccc3c(c2)CCC3)cc1OC. The van der Waals surface area contributed by atoms with Crippen molar-refractivity contribution >= 4 is 21.6 Å². The van der Waals surface area contributed by atoms with E-state index in [-0.39, 0.29) is 23.8 Å². The molecule has 0 fully saturated rings. The molecule has 7 nitrogen and oxygen atoms in total. The Hall–Kier alpha value is -2.58. The first-order valence-electron chi connectivity index (χ1n) is 9.06. The van der Waals surface area contributed by atoms with E-state index in [0.717, 1.165) is 24.9 Å². The first-order chi connectivity index (χ1) is 13.4. The second kappa shape index (κ2) is 8.62.